The fourth-order valence-electron chi connectivity index (χ4n) is 3.80. The number of hydrogen-bond acceptors (Lipinski definition) is 8. The van der Waals surface area contributed by atoms with Gasteiger partial charge in [-0.3, -0.25) is 9.69 Å². The number of carbonyl (C=O) groups excluding carboxylic acids is 1. The molecule has 33 heavy (non-hydrogen) atoms. The molecule has 3 aromatic rings. The molecule has 0 bridgehead atoms. The minimum absolute atomic E-state index is 0.0894. The predicted octanol–water partition coefficient (Wildman–Crippen LogP) is 2.50. The third kappa shape index (κ3) is 5.45. The minimum atomic E-state index is -0.327. The largest absolute Gasteiger partial charge is 0.497 e. The molecule has 10 heteroatoms. The van der Waals surface area contributed by atoms with Gasteiger partial charge in [-0.05, 0) is 35.0 Å². The van der Waals surface area contributed by atoms with Crippen LogP contribution >= 0.6 is 11.8 Å². The zero-order chi connectivity index (χ0) is 23.2. The van der Waals surface area contributed by atoms with Gasteiger partial charge in [0.15, 0.2) is 0 Å². The number of tetrazole rings is 1. The van der Waals surface area contributed by atoms with Gasteiger partial charge in [-0.15, -0.1) is 5.10 Å². The summed E-state index contributed by atoms with van der Waals surface area (Å²) in [7, 11) is 3.19. The van der Waals surface area contributed by atoms with Crippen LogP contribution in [-0.4, -0.2) is 81.6 Å². The Hall–Kier alpha value is -3.11. The normalized spacial score (nSPS) is 15.3. The molecular formula is C23H28N6O3S. The summed E-state index contributed by atoms with van der Waals surface area (Å²) < 4.78 is 12.4. The van der Waals surface area contributed by atoms with Crippen molar-refractivity contribution in [3.8, 4) is 17.2 Å². The highest BCUT2D eigenvalue weighted by Gasteiger charge is 2.27. The second-order valence-corrected chi connectivity index (χ2v) is 9.07. The topological polar surface area (TPSA) is 85.6 Å². The van der Waals surface area contributed by atoms with E-state index in [1.165, 1.54) is 17.3 Å². The van der Waals surface area contributed by atoms with Gasteiger partial charge >= 0.3 is 0 Å². The van der Waals surface area contributed by atoms with Gasteiger partial charge in [-0.1, -0.05) is 42.1 Å². The van der Waals surface area contributed by atoms with Crippen molar-refractivity contribution in [1.82, 2.24) is 30.0 Å². The van der Waals surface area contributed by atoms with Crippen LogP contribution in [0.5, 0.6) is 11.5 Å². The molecule has 0 aliphatic carbocycles. The van der Waals surface area contributed by atoms with E-state index < -0.39 is 0 Å². The molecule has 1 saturated heterocycles. The number of aromatic nitrogens is 4. The van der Waals surface area contributed by atoms with E-state index in [4.69, 9.17) is 9.47 Å². The second kappa shape index (κ2) is 10.7. The smallest absolute Gasteiger partial charge is 0.235 e. The Morgan fingerprint density at radius 3 is 2.52 bits per heavy atom. The van der Waals surface area contributed by atoms with Crippen molar-refractivity contribution in [2.45, 2.75) is 23.9 Å². The highest BCUT2D eigenvalue weighted by Crippen LogP contribution is 2.31. The van der Waals surface area contributed by atoms with Gasteiger partial charge in [0.05, 0.1) is 19.5 Å². The second-order valence-electron chi connectivity index (χ2n) is 7.76. The highest BCUT2D eigenvalue weighted by molar-refractivity contribution is 8.00. The van der Waals surface area contributed by atoms with Crippen LogP contribution in [0.25, 0.3) is 5.69 Å². The number of thioether (sulfide) groups is 1. The zero-order valence-corrected chi connectivity index (χ0v) is 19.9. The standard InChI is InChI=1S/C23H28N6O3S/c1-17(22(30)28-13-11-27(12-14-28)16-18-7-5-4-6-8-18)33-23-24-25-26-29(23)20-15-19(31-2)9-10-21(20)32-3/h4-10,15,17H,11-14,16H2,1-3H3. The lowest BCUT2D eigenvalue weighted by molar-refractivity contribution is -0.132. The summed E-state index contributed by atoms with van der Waals surface area (Å²) >= 11 is 1.34. The summed E-state index contributed by atoms with van der Waals surface area (Å²) in [5.41, 5.74) is 1.94. The van der Waals surface area contributed by atoms with Gasteiger partial charge in [0.2, 0.25) is 11.1 Å². The molecule has 174 valence electrons. The molecule has 2 aromatic carbocycles. The number of benzene rings is 2. The van der Waals surface area contributed by atoms with Gasteiger partial charge in [0.1, 0.15) is 17.2 Å². The van der Waals surface area contributed by atoms with E-state index in [1.54, 1.807) is 31.0 Å². The first kappa shape index (κ1) is 23.1. The fraction of sp³-hybridized carbons (Fsp3) is 0.391. The van der Waals surface area contributed by atoms with Crippen molar-refractivity contribution >= 4 is 17.7 Å². The molecule has 0 N–H and O–H groups in total. The molecule has 0 saturated carbocycles. The maximum Gasteiger partial charge on any atom is 0.235 e. The van der Waals surface area contributed by atoms with Crippen molar-refractivity contribution in [1.29, 1.82) is 0 Å². The third-order valence-corrected chi connectivity index (χ3v) is 6.64. The first-order chi connectivity index (χ1) is 16.1. The zero-order valence-electron chi connectivity index (χ0n) is 19.0. The van der Waals surface area contributed by atoms with Crippen LogP contribution in [0.15, 0.2) is 53.7 Å². The van der Waals surface area contributed by atoms with Gasteiger partial charge in [0.25, 0.3) is 0 Å². The quantitative estimate of drug-likeness (QED) is 0.466. The van der Waals surface area contributed by atoms with Crippen LogP contribution in [0.2, 0.25) is 0 Å². The molecule has 1 unspecified atom stereocenters. The van der Waals surface area contributed by atoms with E-state index in [2.05, 4.69) is 44.7 Å². The lowest BCUT2D eigenvalue weighted by Crippen LogP contribution is -2.50. The van der Waals surface area contributed by atoms with Crippen LogP contribution in [0, 0.1) is 0 Å². The summed E-state index contributed by atoms with van der Waals surface area (Å²) in [5, 5.41) is 12.3. The molecule has 9 nitrogen and oxygen atoms in total. The van der Waals surface area contributed by atoms with Crippen molar-refractivity contribution in [3.05, 3.63) is 54.1 Å². The Kier molecular flexibility index (Phi) is 7.46. The molecule has 0 radical (unpaired) electrons. The maximum atomic E-state index is 13.1. The summed E-state index contributed by atoms with van der Waals surface area (Å²) in [6.45, 7) is 5.94. The van der Waals surface area contributed by atoms with Crippen molar-refractivity contribution in [2.24, 2.45) is 0 Å². The molecule has 0 spiro atoms. The summed E-state index contributed by atoms with van der Waals surface area (Å²) in [5.74, 6) is 1.36. The summed E-state index contributed by atoms with van der Waals surface area (Å²) in [4.78, 5) is 17.4. The number of carbonyl (C=O) groups is 1. The molecule has 1 aromatic heterocycles. The number of amides is 1. The Labute approximate surface area is 197 Å². The Morgan fingerprint density at radius 1 is 1.06 bits per heavy atom. The number of ether oxygens (including phenoxy) is 2. The van der Waals surface area contributed by atoms with E-state index in [0.717, 1.165) is 19.6 Å². The van der Waals surface area contributed by atoms with Crippen LogP contribution in [0.4, 0.5) is 0 Å². The lowest BCUT2D eigenvalue weighted by Gasteiger charge is -2.35. The average Bonchev–Trinajstić information content (AvgIpc) is 3.32. The van der Waals surface area contributed by atoms with Gasteiger partial charge in [0, 0.05) is 38.8 Å². The van der Waals surface area contributed by atoms with Crippen molar-refractivity contribution in [2.75, 3.05) is 40.4 Å². The summed E-state index contributed by atoms with van der Waals surface area (Å²) in [6, 6.07) is 15.8. The van der Waals surface area contributed by atoms with Crippen LogP contribution < -0.4 is 9.47 Å². The lowest BCUT2D eigenvalue weighted by atomic mass is 10.2. The van der Waals surface area contributed by atoms with Gasteiger partial charge in [-0.25, -0.2) is 0 Å². The third-order valence-electron chi connectivity index (χ3n) is 5.62. The Bertz CT molecular complexity index is 1070. The number of rotatable bonds is 8. The highest BCUT2D eigenvalue weighted by atomic mass is 32.2. The monoisotopic (exact) mass is 468 g/mol. The molecule has 1 aliphatic rings. The SMILES string of the molecule is COc1ccc(OC)c(-n2nnnc2SC(C)C(=O)N2CCN(Cc3ccccc3)CC2)c1. The first-order valence-electron chi connectivity index (χ1n) is 10.8. The average molecular weight is 469 g/mol. The van der Waals surface area contributed by atoms with E-state index in [1.807, 2.05) is 24.0 Å². The number of piperazine rings is 1. The number of hydrogen-bond donors (Lipinski definition) is 0. The van der Waals surface area contributed by atoms with E-state index in [-0.39, 0.29) is 11.2 Å². The fourth-order valence-corrected chi connectivity index (χ4v) is 4.68. The van der Waals surface area contributed by atoms with Crippen molar-refractivity contribution in [3.63, 3.8) is 0 Å². The van der Waals surface area contributed by atoms with Crippen LogP contribution in [0.3, 0.4) is 0 Å². The van der Waals surface area contributed by atoms with Crippen molar-refractivity contribution < 1.29 is 14.3 Å². The van der Waals surface area contributed by atoms with E-state index in [9.17, 15) is 4.79 Å². The molecule has 4 rings (SSSR count). The number of nitrogens with zero attached hydrogens (tertiary/aromatic N) is 6. The predicted molar refractivity (Wildman–Crippen MR) is 126 cm³/mol. The van der Waals surface area contributed by atoms with Gasteiger partial charge < -0.3 is 14.4 Å². The number of methoxy groups -OCH3 is 2. The molecule has 1 amide bonds. The van der Waals surface area contributed by atoms with Crippen LogP contribution in [0.1, 0.15) is 12.5 Å². The minimum Gasteiger partial charge on any atom is -0.497 e. The Balaban J connectivity index is 1.38. The van der Waals surface area contributed by atoms with Gasteiger partial charge in [-0.2, -0.15) is 4.68 Å². The molecule has 2 heterocycles. The van der Waals surface area contributed by atoms with E-state index in [0.29, 0.717) is 35.4 Å². The maximum absolute atomic E-state index is 13.1. The summed E-state index contributed by atoms with van der Waals surface area (Å²) in [6.07, 6.45) is 0. The molecule has 1 atom stereocenters. The van der Waals surface area contributed by atoms with E-state index >= 15 is 0 Å². The first-order valence-corrected chi connectivity index (χ1v) is 11.7. The molecule has 1 fully saturated rings. The molecule has 1 aliphatic heterocycles. The molecular weight excluding hydrogens is 440 g/mol. The Morgan fingerprint density at radius 2 is 1.82 bits per heavy atom. The van der Waals surface area contributed by atoms with Crippen LogP contribution in [-0.2, 0) is 11.3 Å².